The van der Waals surface area contributed by atoms with Crippen LogP contribution in [0.5, 0.6) is 5.75 Å². The second kappa shape index (κ2) is 8.46. The molecule has 5 nitrogen and oxygen atoms in total. The highest BCUT2D eigenvalue weighted by Crippen LogP contribution is 2.34. The number of nitrogens with zero attached hydrogens (tertiary/aromatic N) is 2. The van der Waals surface area contributed by atoms with Gasteiger partial charge in [-0.2, -0.15) is 18.3 Å². The summed E-state index contributed by atoms with van der Waals surface area (Å²) in [7, 11) is 1.46. The van der Waals surface area contributed by atoms with E-state index in [4.69, 9.17) is 16.3 Å². The van der Waals surface area contributed by atoms with Crippen molar-refractivity contribution in [3.8, 4) is 11.4 Å². The van der Waals surface area contributed by atoms with Gasteiger partial charge in [-0.05, 0) is 36.4 Å². The number of hydrogen-bond acceptors (Lipinski definition) is 3. The molecule has 1 N–H and O–H groups in total. The van der Waals surface area contributed by atoms with E-state index in [9.17, 15) is 18.0 Å². The average Bonchev–Trinajstić information content (AvgIpc) is 3.12. The number of methoxy groups -OCH3 is 1. The molecule has 0 spiro atoms. The SMILES string of the molecule is COc1ccc(Br)cc1CNC(=O)c1cnn(-c2cccc(Cl)c2)c1C(F)(F)F. The van der Waals surface area contributed by atoms with Crippen molar-refractivity contribution in [1.82, 2.24) is 15.1 Å². The van der Waals surface area contributed by atoms with Crippen molar-refractivity contribution in [2.24, 2.45) is 0 Å². The molecule has 0 fully saturated rings. The van der Waals surface area contributed by atoms with E-state index in [0.29, 0.717) is 16.0 Å². The van der Waals surface area contributed by atoms with Crippen LogP contribution >= 0.6 is 27.5 Å². The largest absolute Gasteiger partial charge is 0.496 e. The van der Waals surface area contributed by atoms with Gasteiger partial charge in [-0.3, -0.25) is 4.79 Å². The summed E-state index contributed by atoms with van der Waals surface area (Å²) in [6, 6.07) is 10.9. The fourth-order valence-corrected chi connectivity index (χ4v) is 3.34. The Morgan fingerprint density at radius 3 is 2.69 bits per heavy atom. The maximum Gasteiger partial charge on any atom is 0.434 e. The van der Waals surface area contributed by atoms with Gasteiger partial charge in [0, 0.05) is 21.6 Å². The van der Waals surface area contributed by atoms with E-state index in [2.05, 4.69) is 26.3 Å². The van der Waals surface area contributed by atoms with Gasteiger partial charge in [-0.1, -0.05) is 33.6 Å². The van der Waals surface area contributed by atoms with Crippen LogP contribution < -0.4 is 10.1 Å². The molecule has 0 aliphatic heterocycles. The van der Waals surface area contributed by atoms with Crippen LogP contribution in [0.3, 0.4) is 0 Å². The summed E-state index contributed by atoms with van der Waals surface area (Å²) in [5, 5.41) is 6.50. The van der Waals surface area contributed by atoms with Crippen molar-refractivity contribution in [2.75, 3.05) is 7.11 Å². The Hall–Kier alpha value is -2.52. The molecule has 0 saturated heterocycles. The molecular weight excluding hydrogens is 475 g/mol. The van der Waals surface area contributed by atoms with Crippen LogP contribution in [0.4, 0.5) is 13.2 Å². The highest BCUT2D eigenvalue weighted by atomic mass is 79.9. The second-order valence-corrected chi connectivity index (χ2v) is 7.29. The molecule has 3 aromatic rings. The van der Waals surface area contributed by atoms with Crippen molar-refractivity contribution in [1.29, 1.82) is 0 Å². The summed E-state index contributed by atoms with van der Waals surface area (Å²) in [6.45, 7) is -0.0267. The highest BCUT2D eigenvalue weighted by Gasteiger charge is 2.40. The first-order valence-electron chi connectivity index (χ1n) is 8.22. The lowest BCUT2D eigenvalue weighted by atomic mass is 10.1. The number of carbonyl (C=O) groups excluding carboxylic acids is 1. The molecule has 2 aromatic carbocycles. The first-order chi connectivity index (χ1) is 13.7. The molecule has 29 heavy (non-hydrogen) atoms. The third-order valence-corrected chi connectivity index (χ3v) is 4.75. The number of carbonyl (C=O) groups is 1. The van der Waals surface area contributed by atoms with Gasteiger partial charge in [0.15, 0.2) is 5.69 Å². The van der Waals surface area contributed by atoms with Crippen LogP contribution in [-0.2, 0) is 12.7 Å². The van der Waals surface area contributed by atoms with E-state index in [-0.39, 0.29) is 17.3 Å². The Morgan fingerprint density at radius 2 is 2.03 bits per heavy atom. The molecule has 1 amide bonds. The van der Waals surface area contributed by atoms with E-state index in [1.54, 1.807) is 18.2 Å². The van der Waals surface area contributed by atoms with Crippen LogP contribution in [0.1, 0.15) is 21.6 Å². The Morgan fingerprint density at radius 1 is 1.28 bits per heavy atom. The summed E-state index contributed by atoms with van der Waals surface area (Å²) in [6.07, 6.45) is -3.92. The number of rotatable bonds is 5. The van der Waals surface area contributed by atoms with E-state index >= 15 is 0 Å². The minimum Gasteiger partial charge on any atom is -0.496 e. The number of nitrogens with one attached hydrogen (secondary N) is 1. The fraction of sp³-hybridized carbons (Fsp3) is 0.158. The maximum atomic E-state index is 13.7. The van der Waals surface area contributed by atoms with Gasteiger partial charge >= 0.3 is 6.18 Å². The minimum absolute atomic E-state index is 0.0267. The Bertz CT molecular complexity index is 1050. The lowest BCUT2D eigenvalue weighted by Gasteiger charge is -2.14. The zero-order chi connectivity index (χ0) is 21.2. The molecule has 3 rings (SSSR count). The van der Waals surface area contributed by atoms with Gasteiger partial charge < -0.3 is 10.1 Å². The van der Waals surface area contributed by atoms with Gasteiger partial charge in [-0.25, -0.2) is 4.68 Å². The Balaban J connectivity index is 1.93. The molecule has 0 aliphatic carbocycles. The summed E-state index contributed by atoms with van der Waals surface area (Å²) in [5.41, 5.74) is -1.08. The standard InChI is InChI=1S/C19H14BrClF3N3O2/c1-29-16-6-5-12(20)7-11(16)9-25-18(28)15-10-26-27(17(15)19(22,23)24)14-4-2-3-13(21)8-14/h2-8,10H,9H2,1H3,(H,25,28). The minimum atomic E-state index is -4.81. The highest BCUT2D eigenvalue weighted by molar-refractivity contribution is 9.10. The average molecular weight is 489 g/mol. The molecule has 1 aromatic heterocycles. The molecule has 0 saturated carbocycles. The van der Waals surface area contributed by atoms with E-state index in [1.165, 1.54) is 31.4 Å². The summed E-state index contributed by atoms with van der Waals surface area (Å²) in [5.74, 6) is -0.410. The number of hydrogen-bond donors (Lipinski definition) is 1. The topological polar surface area (TPSA) is 56.1 Å². The molecule has 152 valence electrons. The van der Waals surface area contributed by atoms with Crippen molar-refractivity contribution in [3.63, 3.8) is 0 Å². The number of amides is 1. The van der Waals surface area contributed by atoms with Gasteiger partial charge in [-0.15, -0.1) is 0 Å². The van der Waals surface area contributed by atoms with Crippen LogP contribution in [0.25, 0.3) is 5.69 Å². The van der Waals surface area contributed by atoms with Crippen molar-refractivity contribution >= 4 is 33.4 Å². The zero-order valence-electron chi connectivity index (χ0n) is 14.9. The summed E-state index contributed by atoms with van der Waals surface area (Å²) < 4.78 is 47.8. The lowest BCUT2D eigenvalue weighted by Crippen LogP contribution is -2.26. The number of halogens is 5. The summed E-state index contributed by atoms with van der Waals surface area (Å²) >= 11 is 9.18. The van der Waals surface area contributed by atoms with E-state index < -0.39 is 23.3 Å². The van der Waals surface area contributed by atoms with Gasteiger partial charge in [0.2, 0.25) is 0 Å². The second-order valence-electron chi connectivity index (χ2n) is 5.94. The Kier molecular flexibility index (Phi) is 6.18. The molecule has 10 heteroatoms. The molecule has 0 atom stereocenters. The van der Waals surface area contributed by atoms with Crippen molar-refractivity contribution in [3.05, 3.63) is 75.0 Å². The van der Waals surface area contributed by atoms with E-state index in [0.717, 1.165) is 10.7 Å². The maximum absolute atomic E-state index is 13.7. The van der Waals surface area contributed by atoms with Crippen molar-refractivity contribution in [2.45, 2.75) is 12.7 Å². The molecule has 1 heterocycles. The third-order valence-electron chi connectivity index (χ3n) is 4.02. The van der Waals surface area contributed by atoms with Gasteiger partial charge in [0.25, 0.3) is 5.91 Å². The molecular formula is C19H14BrClF3N3O2. The van der Waals surface area contributed by atoms with Crippen LogP contribution in [0.2, 0.25) is 5.02 Å². The normalized spacial score (nSPS) is 11.4. The van der Waals surface area contributed by atoms with Crippen molar-refractivity contribution < 1.29 is 22.7 Å². The summed E-state index contributed by atoms with van der Waals surface area (Å²) in [4.78, 5) is 12.5. The number of aromatic nitrogens is 2. The number of alkyl halides is 3. The smallest absolute Gasteiger partial charge is 0.434 e. The van der Waals surface area contributed by atoms with Gasteiger partial charge in [0.05, 0.1) is 24.6 Å². The monoisotopic (exact) mass is 487 g/mol. The predicted molar refractivity (Wildman–Crippen MR) is 105 cm³/mol. The third kappa shape index (κ3) is 4.73. The zero-order valence-corrected chi connectivity index (χ0v) is 17.3. The molecule has 0 unspecified atom stereocenters. The predicted octanol–water partition coefficient (Wildman–Crippen LogP) is 5.25. The van der Waals surface area contributed by atoms with Crippen LogP contribution in [0.15, 0.2) is 53.1 Å². The quantitative estimate of drug-likeness (QED) is 0.534. The fourth-order valence-electron chi connectivity index (χ4n) is 2.75. The van der Waals surface area contributed by atoms with Gasteiger partial charge in [0.1, 0.15) is 5.75 Å². The van der Waals surface area contributed by atoms with Crippen LogP contribution in [-0.4, -0.2) is 22.8 Å². The van der Waals surface area contributed by atoms with Crippen LogP contribution in [0, 0.1) is 0 Å². The molecule has 0 aliphatic rings. The Labute approximate surface area is 177 Å². The first kappa shape index (κ1) is 21.2. The number of benzene rings is 2. The molecule has 0 bridgehead atoms. The number of ether oxygens (including phenoxy) is 1. The van der Waals surface area contributed by atoms with E-state index in [1.807, 2.05) is 0 Å². The lowest BCUT2D eigenvalue weighted by molar-refractivity contribution is -0.143. The molecule has 0 radical (unpaired) electrons. The first-order valence-corrected chi connectivity index (χ1v) is 9.39.